The van der Waals surface area contributed by atoms with Gasteiger partial charge < -0.3 is 44.8 Å². The van der Waals surface area contributed by atoms with Crippen molar-refractivity contribution in [3.63, 3.8) is 0 Å². The molecule has 3 aliphatic heterocycles. The Kier molecular flexibility index (Phi) is 13.0. The Balaban J connectivity index is 1.94. The Bertz CT molecular complexity index is 1070. The van der Waals surface area contributed by atoms with Gasteiger partial charge in [-0.25, -0.2) is 0 Å². The SMILES string of the molecule is CC(=CC(C)C(O)C(C)CO)C1OC1(C)C1OC(=O)C(C)C2(O)OC(C=CCC(O)C=CCCC1C)C(CC(C)C)C(O)C2O. The van der Waals surface area contributed by atoms with Crippen LogP contribution in [0.15, 0.2) is 36.0 Å². The Morgan fingerprint density at radius 3 is 2.38 bits per heavy atom. The van der Waals surface area contributed by atoms with Crippen molar-refractivity contribution in [3.8, 4) is 0 Å². The van der Waals surface area contributed by atoms with Crippen LogP contribution in [-0.4, -0.2) is 97.3 Å². The molecule has 2 fully saturated rings. The van der Waals surface area contributed by atoms with Gasteiger partial charge in [0.2, 0.25) is 5.79 Å². The van der Waals surface area contributed by atoms with Crippen molar-refractivity contribution in [1.29, 1.82) is 0 Å². The lowest BCUT2D eigenvalue weighted by molar-refractivity contribution is -0.347. The van der Waals surface area contributed by atoms with E-state index >= 15 is 0 Å². The minimum absolute atomic E-state index is 0.132. The molecule has 258 valence electrons. The van der Waals surface area contributed by atoms with Crippen molar-refractivity contribution in [2.75, 3.05) is 6.61 Å². The summed E-state index contributed by atoms with van der Waals surface area (Å²) in [4.78, 5) is 13.8. The van der Waals surface area contributed by atoms with E-state index in [4.69, 9.17) is 14.2 Å². The summed E-state index contributed by atoms with van der Waals surface area (Å²) in [5.41, 5.74) is -0.0432. The quantitative estimate of drug-likeness (QED) is 0.132. The zero-order valence-corrected chi connectivity index (χ0v) is 28.2. The first kappa shape index (κ1) is 37.8. The lowest BCUT2D eigenvalue weighted by Crippen LogP contribution is -2.66. The second kappa shape index (κ2) is 15.5. The highest BCUT2D eigenvalue weighted by atomic mass is 16.7. The normalized spacial score (nSPS) is 42.2. The van der Waals surface area contributed by atoms with Crippen LogP contribution in [0.2, 0.25) is 0 Å². The van der Waals surface area contributed by atoms with E-state index in [-0.39, 0.29) is 30.3 Å². The van der Waals surface area contributed by atoms with Gasteiger partial charge in [-0.2, -0.15) is 0 Å². The van der Waals surface area contributed by atoms with E-state index in [1.54, 1.807) is 25.2 Å². The number of fused-ring (bicyclic) bond motifs is 2. The molecular formula is C35H58O10. The van der Waals surface area contributed by atoms with E-state index in [0.717, 1.165) is 5.57 Å². The van der Waals surface area contributed by atoms with Gasteiger partial charge in [-0.3, -0.25) is 4.79 Å². The van der Waals surface area contributed by atoms with Gasteiger partial charge in [0, 0.05) is 24.4 Å². The predicted octanol–water partition coefficient (Wildman–Crippen LogP) is 3.03. The molecule has 3 rings (SSSR count). The van der Waals surface area contributed by atoms with E-state index in [2.05, 4.69) is 0 Å². The average molecular weight is 639 g/mol. The van der Waals surface area contributed by atoms with Crippen LogP contribution in [0.3, 0.4) is 0 Å². The third-order valence-corrected chi connectivity index (χ3v) is 10.0. The summed E-state index contributed by atoms with van der Waals surface area (Å²) in [6.45, 7) is 14.6. The van der Waals surface area contributed by atoms with E-state index in [1.807, 2.05) is 53.7 Å². The summed E-state index contributed by atoms with van der Waals surface area (Å²) < 4.78 is 18.4. The van der Waals surface area contributed by atoms with Gasteiger partial charge in [0.25, 0.3) is 0 Å². The molecule has 0 aromatic rings. The molecule has 0 aromatic heterocycles. The van der Waals surface area contributed by atoms with Gasteiger partial charge in [0.15, 0.2) is 0 Å². The fourth-order valence-corrected chi connectivity index (χ4v) is 7.00. The Labute approximate surface area is 268 Å². The van der Waals surface area contributed by atoms with E-state index in [0.29, 0.717) is 25.7 Å². The van der Waals surface area contributed by atoms with Gasteiger partial charge in [-0.05, 0) is 63.9 Å². The highest BCUT2D eigenvalue weighted by Gasteiger charge is 2.63. The van der Waals surface area contributed by atoms with Crippen LogP contribution < -0.4 is 0 Å². The number of carbonyl (C=O) groups is 1. The van der Waals surface area contributed by atoms with Crippen LogP contribution in [0.5, 0.6) is 0 Å². The summed E-state index contributed by atoms with van der Waals surface area (Å²) in [7, 11) is 0. The number of hydrogen-bond acceptors (Lipinski definition) is 10. The Morgan fingerprint density at radius 1 is 1.09 bits per heavy atom. The largest absolute Gasteiger partial charge is 0.459 e. The second-order valence-corrected chi connectivity index (χ2v) is 14.5. The molecule has 3 aliphatic rings. The van der Waals surface area contributed by atoms with Crippen molar-refractivity contribution in [2.45, 2.75) is 135 Å². The third-order valence-electron chi connectivity index (χ3n) is 10.0. The third kappa shape index (κ3) is 8.65. The minimum Gasteiger partial charge on any atom is -0.459 e. The molecular weight excluding hydrogens is 580 g/mol. The zero-order chi connectivity index (χ0) is 33.9. The van der Waals surface area contributed by atoms with E-state index in [1.165, 1.54) is 6.92 Å². The van der Waals surface area contributed by atoms with Crippen LogP contribution in [0.1, 0.15) is 81.1 Å². The monoisotopic (exact) mass is 638 g/mol. The number of aliphatic hydroxyl groups is 6. The fraction of sp³-hybridized carbons (Fsp3) is 0.800. The highest BCUT2D eigenvalue weighted by molar-refractivity contribution is 5.74. The van der Waals surface area contributed by atoms with Gasteiger partial charge in [0.1, 0.15) is 29.8 Å². The van der Waals surface area contributed by atoms with Crippen LogP contribution >= 0.6 is 0 Å². The number of rotatable bonds is 8. The molecule has 14 unspecified atom stereocenters. The first-order chi connectivity index (χ1) is 21.0. The molecule has 10 heteroatoms. The molecule has 0 radical (unpaired) electrons. The number of epoxide rings is 1. The van der Waals surface area contributed by atoms with Crippen molar-refractivity contribution in [2.24, 2.45) is 35.5 Å². The van der Waals surface area contributed by atoms with Crippen molar-refractivity contribution < 1.29 is 49.6 Å². The molecule has 2 bridgehead atoms. The Hall–Kier alpha value is -1.63. The second-order valence-electron chi connectivity index (χ2n) is 14.5. The van der Waals surface area contributed by atoms with Gasteiger partial charge >= 0.3 is 5.97 Å². The number of aliphatic hydroxyl groups excluding tert-OH is 5. The molecule has 45 heavy (non-hydrogen) atoms. The maximum atomic E-state index is 13.8. The summed E-state index contributed by atoms with van der Waals surface area (Å²) in [5.74, 6) is -5.71. The van der Waals surface area contributed by atoms with Crippen molar-refractivity contribution >= 4 is 5.97 Å². The first-order valence-electron chi connectivity index (χ1n) is 16.6. The summed E-state index contributed by atoms with van der Waals surface area (Å²) >= 11 is 0. The van der Waals surface area contributed by atoms with E-state index in [9.17, 15) is 35.4 Å². The number of allylic oxidation sites excluding steroid dienone is 1. The minimum atomic E-state index is -2.43. The van der Waals surface area contributed by atoms with Crippen LogP contribution in [0.4, 0.5) is 0 Å². The van der Waals surface area contributed by atoms with Gasteiger partial charge in [0.05, 0.1) is 24.4 Å². The van der Waals surface area contributed by atoms with Gasteiger partial charge in [-0.15, -0.1) is 0 Å². The molecule has 6 N–H and O–H groups in total. The number of ether oxygens (including phenoxy) is 3. The number of hydrogen-bond donors (Lipinski definition) is 6. The van der Waals surface area contributed by atoms with Crippen LogP contribution in [0.25, 0.3) is 0 Å². The molecule has 0 aliphatic carbocycles. The summed E-state index contributed by atoms with van der Waals surface area (Å²) in [6, 6.07) is 0. The molecule has 0 saturated carbocycles. The van der Waals surface area contributed by atoms with Gasteiger partial charge in [-0.1, -0.05) is 65.0 Å². The topological polar surface area (TPSA) is 169 Å². The number of cyclic esters (lactones) is 1. The predicted molar refractivity (Wildman–Crippen MR) is 170 cm³/mol. The first-order valence-corrected chi connectivity index (χ1v) is 16.6. The molecule has 0 aromatic carbocycles. The molecule has 10 nitrogen and oxygen atoms in total. The van der Waals surface area contributed by atoms with E-state index < -0.39 is 71.9 Å². The summed E-state index contributed by atoms with van der Waals surface area (Å²) in [5, 5.41) is 64.7. The Morgan fingerprint density at radius 2 is 1.76 bits per heavy atom. The smallest absolute Gasteiger partial charge is 0.314 e. The average Bonchev–Trinajstić information content (AvgIpc) is 3.68. The maximum Gasteiger partial charge on any atom is 0.314 e. The molecule has 2 saturated heterocycles. The molecule has 14 atom stereocenters. The lowest BCUT2D eigenvalue weighted by Gasteiger charge is -2.49. The summed E-state index contributed by atoms with van der Waals surface area (Å²) in [6.07, 6.45) is 4.39. The lowest BCUT2D eigenvalue weighted by atomic mass is 9.77. The maximum absolute atomic E-state index is 13.8. The van der Waals surface area contributed by atoms with Crippen molar-refractivity contribution in [3.05, 3.63) is 36.0 Å². The van der Waals surface area contributed by atoms with Crippen molar-refractivity contribution in [1.82, 2.24) is 0 Å². The standard InChI is InChI=1S/C35H58O10/c1-19(2)16-26-27-15-11-14-25(37)13-10-9-12-20(3)31(43-33(41)24(7)35(42,44-27)30(40)29(26)39)34(8)32(45-34)22(5)17-21(4)28(38)23(6)18-36/h10-11,13,15,17,19-21,23-32,36-40,42H,9,12,14,16,18H2,1-8H3. The van der Waals surface area contributed by atoms with Crippen LogP contribution in [0, 0.1) is 35.5 Å². The number of esters is 1. The fourth-order valence-electron chi connectivity index (χ4n) is 7.00. The zero-order valence-electron chi connectivity index (χ0n) is 28.2. The molecule has 0 spiro atoms. The highest BCUT2D eigenvalue weighted by Crippen LogP contribution is 2.49. The number of carbonyl (C=O) groups excluding carboxylic acids is 1. The molecule has 3 heterocycles. The van der Waals surface area contributed by atoms with Crippen LogP contribution in [-0.2, 0) is 19.0 Å². The molecule has 0 amide bonds.